The molecule has 0 fully saturated rings. The molecule has 3 nitrogen and oxygen atoms in total. The van der Waals surface area contributed by atoms with Gasteiger partial charge in [-0.15, -0.1) is 0 Å². The van der Waals surface area contributed by atoms with Gasteiger partial charge in [-0.3, -0.25) is 0 Å². The highest BCUT2D eigenvalue weighted by Crippen LogP contribution is 2.13. The Kier molecular flexibility index (Phi) is 4.26. The van der Waals surface area contributed by atoms with Gasteiger partial charge in [0.05, 0.1) is 0 Å². The van der Waals surface area contributed by atoms with E-state index in [0.29, 0.717) is 11.1 Å². The Morgan fingerprint density at radius 2 is 1.74 bits per heavy atom. The van der Waals surface area contributed by atoms with Crippen molar-refractivity contribution in [3.63, 3.8) is 0 Å². The van der Waals surface area contributed by atoms with Crippen molar-refractivity contribution in [1.82, 2.24) is 0 Å². The topological polar surface area (TPSA) is 52.3 Å². The second-order valence-electron chi connectivity index (χ2n) is 4.09. The highest BCUT2D eigenvalue weighted by atomic mass is 19.1. The lowest BCUT2D eigenvalue weighted by atomic mass is 10.1. The number of nitrogens with two attached hydrogens (primary N) is 1. The monoisotopic (exact) mass is 259 g/mol. The van der Waals surface area contributed by atoms with Crippen LogP contribution in [0.4, 0.5) is 4.39 Å². The van der Waals surface area contributed by atoms with Gasteiger partial charge in [0.1, 0.15) is 18.5 Å². The molecular formula is C15H14FNO2. The number of rotatable bonds is 4. The summed E-state index contributed by atoms with van der Waals surface area (Å²) in [6, 6.07) is 14.2. The number of hydrogen-bond acceptors (Lipinski definition) is 3. The van der Waals surface area contributed by atoms with Crippen molar-refractivity contribution in [1.29, 1.82) is 0 Å². The summed E-state index contributed by atoms with van der Waals surface area (Å²) in [6.45, 7) is -0.119. The van der Waals surface area contributed by atoms with Gasteiger partial charge in [0, 0.05) is 5.56 Å². The maximum atomic E-state index is 13.3. The Morgan fingerprint density at radius 3 is 2.42 bits per heavy atom. The van der Waals surface area contributed by atoms with Crippen molar-refractivity contribution in [3.8, 4) is 0 Å². The Balaban J connectivity index is 1.97. The third kappa shape index (κ3) is 3.39. The molecule has 0 amide bonds. The van der Waals surface area contributed by atoms with Crippen molar-refractivity contribution in [2.45, 2.75) is 12.6 Å². The molecule has 0 radical (unpaired) electrons. The first-order valence-electron chi connectivity index (χ1n) is 5.89. The average Bonchev–Trinajstić information content (AvgIpc) is 2.46. The maximum Gasteiger partial charge on any atom is 0.327 e. The molecular weight excluding hydrogens is 245 g/mol. The molecule has 0 aliphatic heterocycles. The molecule has 0 heterocycles. The number of hydrogen-bond donors (Lipinski definition) is 1. The lowest BCUT2D eigenvalue weighted by Gasteiger charge is -2.12. The van der Waals surface area contributed by atoms with Gasteiger partial charge in [-0.25, -0.2) is 9.18 Å². The summed E-state index contributed by atoms with van der Waals surface area (Å²) in [5.74, 6) is -0.974. The first-order valence-corrected chi connectivity index (χ1v) is 5.89. The molecule has 0 aliphatic carbocycles. The third-order valence-electron chi connectivity index (χ3n) is 2.74. The quantitative estimate of drug-likeness (QED) is 0.858. The first kappa shape index (κ1) is 13.2. The van der Waals surface area contributed by atoms with Gasteiger partial charge in [-0.1, -0.05) is 48.5 Å². The second-order valence-corrected chi connectivity index (χ2v) is 4.09. The fraction of sp³-hybridized carbons (Fsp3) is 0.133. The molecule has 2 aromatic carbocycles. The van der Waals surface area contributed by atoms with E-state index in [1.165, 1.54) is 6.07 Å². The Labute approximate surface area is 110 Å². The minimum absolute atomic E-state index is 0.119. The van der Waals surface area contributed by atoms with Crippen molar-refractivity contribution >= 4 is 5.97 Å². The van der Waals surface area contributed by atoms with Crippen LogP contribution in [-0.2, 0) is 16.1 Å². The molecule has 0 spiro atoms. The van der Waals surface area contributed by atoms with Crippen molar-refractivity contribution in [2.75, 3.05) is 0 Å². The lowest BCUT2D eigenvalue weighted by molar-refractivity contribution is -0.146. The van der Waals surface area contributed by atoms with E-state index in [1.54, 1.807) is 42.5 Å². The molecule has 1 atom stereocenters. The zero-order valence-electron chi connectivity index (χ0n) is 10.3. The standard InChI is InChI=1S/C15H14FNO2/c16-13-9-5-4-8-12(13)10-19-15(18)14(17)11-6-2-1-3-7-11/h1-9,14H,10,17H2. The van der Waals surface area contributed by atoms with Gasteiger partial charge in [-0.05, 0) is 11.6 Å². The molecule has 0 bridgehead atoms. The highest BCUT2D eigenvalue weighted by molar-refractivity contribution is 5.77. The Bertz CT molecular complexity index is 557. The summed E-state index contributed by atoms with van der Waals surface area (Å²) in [5.41, 5.74) is 6.77. The molecule has 2 aromatic rings. The van der Waals surface area contributed by atoms with Crippen LogP contribution >= 0.6 is 0 Å². The summed E-state index contributed by atoms with van der Waals surface area (Å²) < 4.78 is 18.4. The van der Waals surface area contributed by atoms with Gasteiger partial charge in [0.2, 0.25) is 0 Å². The molecule has 2 N–H and O–H groups in total. The van der Waals surface area contributed by atoms with Gasteiger partial charge >= 0.3 is 5.97 Å². The molecule has 19 heavy (non-hydrogen) atoms. The number of carbonyl (C=O) groups excluding carboxylic acids is 1. The molecule has 0 aliphatic rings. The van der Waals surface area contributed by atoms with E-state index in [0.717, 1.165) is 0 Å². The van der Waals surface area contributed by atoms with Crippen molar-refractivity contribution in [3.05, 3.63) is 71.5 Å². The molecule has 2 rings (SSSR count). The smallest absolute Gasteiger partial charge is 0.327 e. The Hall–Kier alpha value is -2.20. The highest BCUT2D eigenvalue weighted by Gasteiger charge is 2.17. The minimum atomic E-state index is -0.854. The Morgan fingerprint density at radius 1 is 1.11 bits per heavy atom. The third-order valence-corrected chi connectivity index (χ3v) is 2.74. The van der Waals surface area contributed by atoms with E-state index in [-0.39, 0.29) is 6.61 Å². The number of benzene rings is 2. The van der Waals surface area contributed by atoms with Crippen LogP contribution in [0.3, 0.4) is 0 Å². The summed E-state index contributed by atoms with van der Waals surface area (Å²) >= 11 is 0. The van der Waals surface area contributed by atoms with Crippen LogP contribution in [0.15, 0.2) is 54.6 Å². The number of carbonyl (C=O) groups is 1. The van der Waals surface area contributed by atoms with Crippen LogP contribution < -0.4 is 5.73 Å². The maximum absolute atomic E-state index is 13.3. The molecule has 98 valence electrons. The summed E-state index contributed by atoms with van der Waals surface area (Å²) in [7, 11) is 0. The first-order chi connectivity index (χ1) is 9.18. The van der Waals surface area contributed by atoms with Gasteiger partial charge in [0.25, 0.3) is 0 Å². The fourth-order valence-corrected chi connectivity index (χ4v) is 1.65. The number of esters is 1. The van der Waals surface area contributed by atoms with Crippen LogP contribution in [0.5, 0.6) is 0 Å². The average molecular weight is 259 g/mol. The van der Waals surface area contributed by atoms with E-state index in [1.807, 2.05) is 6.07 Å². The molecule has 0 saturated carbocycles. The number of ether oxygens (including phenoxy) is 1. The predicted molar refractivity (Wildman–Crippen MR) is 69.6 cm³/mol. The van der Waals surface area contributed by atoms with E-state index in [4.69, 9.17) is 10.5 Å². The largest absolute Gasteiger partial charge is 0.459 e. The number of halogens is 1. The van der Waals surface area contributed by atoms with Crippen LogP contribution in [0.2, 0.25) is 0 Å². The van der Waals surface area contributed by atoms with E-state index in [9.17, 15) is 9.18 Å². The van der Waals surface area contributed by atoms with E-state index < -0.39 is 17.8 Å². The summed E-state index contributed by atoms with van der Waals surface area (Å²) in [6.07, 6.45) is 0. The lowest BCUT2D eigenvalue weighted by Crippen LogP contribution is -2.23. The minimum Gasteiger partial charge on any atom is -0.459 e. The zero-order valence-corrected chi connectivity index (χ0v) is 10.3. The predicted octanol–water partition coefficient (Wildman–Crippen LogP) is 2.57. The van der Waals surface area contributed by atoms with E-state index in [2.05, 4.69) is 0 Å². The molecule has 4 heteroatoms. The normalized spacial score (nSPS) is 11.9. The SMILES string of the molecule is NC(C(=O)OCc1ccccc1F)c1ccccc1. The van der Waals surface area contributed by atoms with E-state index >= 15 is 0 Å². The van der Waals surface area contributed by atoms with Gasteiger partial charge in [-0.2, -0.15) is 0 Å². The molecule has 0 saturated heterocycles. The van der Waals surface area contributed by atoms with Crippen molar-refractivity contribution < 1.29 is 13.9 Å². The summed E-state index contributed by atoms with van der Waals surface area (Å²) in [4.78, 5) is 11.8. The zero-order chi connectivity index (χ0) is 13.7. The van der Waals surface area contributed by atoms with Gasteiger partial charge in [0.15, 0.2) is 0 Å². The molecule has 0 aromatic heterocycles. The van der Waals surface area contributed by atoms with Crippen molar-refractivity contribution in [2.24, 2.45) is 5.73 Å². The fourth-order valence-electron chi connectivity index (χ4n) is 1.65. The van der Waals surface area contributed by atoms with Crippen LogP contribution in [0.25, 0.3) is 0 Å². The molecule has 1 unspecified atom stereocenters. The van der Waals surface area contributed by atoms with Crippen LogP contribution in [-0.4, -0.2) is 5.97 Å². The van der Waals surface area contributed by atoms with Crippen LogP contribution in [0.1, 0.15) is 17.2 Å². The van der Waals surface area contributed by atoms with Crippen LogP contribution in [0, 0.1) is 5.82 Å². The second kappa shape index (κ2) is 6.11. The van der Waals surface area contributed by atoms with Gasteiger partial charge < -0.3 is 10.5 Å². The summed E-state index contributed by atoms with van der Waals surface area (Å²) in [5, 5.41) is 0.